The van der Waals surface area contributed by atoms with Crippen molar-refractivity contribution in [3.05, 3.63) is 0 Å². The van der Waals surface area contributed by atoms with E-state index in [0.29, 0.717) is 32.0 Å². The zero-order chi connectivity index (χ0) is 14.4. The Balaban J connectivity index is 1.71. The second kappa shape index (κ2) is 7.38. The van der Waals surface area contributed by atoms with E-state index in [1.165, 1.54) is 0 Å². The summed E-state index contributed by atoms with van der Waals surface area (Å²) < 4.78 is 10.5. The van der Waals surface area contributed by atoms with E-state index >= 15 is 0 Å². The van der Waals surface area contributed by atoms with Gasteiger partial charge in [0.1, 0.15) is 0 Å². The maximum Gasteiger partial charge on any atom is 0.308 e. The van der Waals surface area contributed by atoms with Gasteiger partial charge in [-0.25, -0.2) is 0 Å². The van der Waals surface area contributed by atoms with Gasteiger partial charge < -0.3 is 19.9 Å². The molecule has 0 spiro atoms. The predicted molar refractivity (Wildman–Crippen MR) is 75.4 cm³/mol. The second-order valence-corrected chi connectivity index (χ2v) is 6.05. The third-order valence-electron chi connectivity index (χ3n) is 4.42. The Morgan fingerprint density at radius 3 is 2.75 bits per heavy atom. The van der Waals surface area contributed by atoms with Crippen LogP contribution in [0.25, 0.3) is 0 Å². The zero-order valence-electron chi connectivity index (χ0n) is 12.4. The first-order valence-corrected chi connectivity index (χ1v) is 7.83. The van der Waals surface area contributed by atoms with Crippen LogP contribution in [0, 0.1) is 5.92 Å². The normalized spacial score (nSPS) is 34.7. The Hall–Kier alpha value is -0.650. The molecule has 1 atom stereocenters. The van der Waals surface area contributed by atoms with Gasteiger partial charge in [-0.3, -0.25) is 4.79 Å². The quantitative estimate of drug-likeness (QED) is 0.744. The number of hydrogen-bond acceptors (Lipinski definition) is 5. The number of esters is 1. The highest BCUT2D eigenvalue weighted by Gasteiger charge is 2.36. The number of nitrogens with one attached hydrogen (secondary N) is 1. The molecular formula is C15H27NO4. The Morgan fingerprint density at radius 1 is 1.40 bits per heavy atom. The second-order valence-electron chi connectivity index (χ2n) is 6.05. The van der Waals surface area contributed by atoms with Crippen LogP contribution in [0.4, 0.5) is 0 Å². The van der Waals surface area contributed by atoms with Crippen LogP contribution in [0.2, 0.25) is 0 Å². The molecule has 1 saturated carbocycles. The van der Waals surface area contributed by atoms with Gasteiger partial charge in [-0.1, -0.05) is 0 Å². The molecule has 0 radical (unpaired) electrons. The van der Waals surface area contributed by atoms with E-state index in [1.807, 2.05) is 6.92 Å². The molecule has 1 saturated heterocycles. The zero-order valence-corrected chi connectivity index (χ0v) is 12.4. The standard InChI is InChI=1S/C15H27NO4/c1-2-20-14(17)12-5-7-15(18,8-6-12)11-16-13-4-3-9-19-10-13/h12-13,16,18H,2-11H2,1H3. The molecule has 1 aliphatic carbocycles. The van der Waals surface area contributed by atoms with E-state index in [2.05, 4.69) is 5.32 Å². The molecule has 5 nitrogen and oxygen atoms in total. The van der Waals surface area contributed by atoms with E-state index in [-0.39, 0.29) is 11.9 Å². The molecule has 0 aromatic rings. The molecule has 0 aromatic carbocycles. The third kappa shape index (κ3) is 4.43. The van der Waals surface area contributed by atoms with Crippen molar-refractivity contribution < 1.29 is 19.4 Å². The molecule has 5 heteroatoms. The highest BCUT2D eigenvalue weighted by molar-refractivity contribution is 5.72. The van der Waals surface area contributed by atoms with Crippen LogP contribution in [0.5, 0.6) is 0 Å². The van der Waals surface area contributed by atoms with Crippen molar-refractivity contribution in [3.63, 3.8) is 0 Å². The fraction of sp³-hybridized carbons (Fsp3) is 0.933. The molecule has 2 rings (SSSR count). The Kier molecular flexibility index (Phi) is 5.81. The van der Waals surface area contributed by atoms with Gasteiger partial charge in [-0.05, 0) is 45.4 Å². The van der Waals surface area contributed by atoms with Crippen LogP contribution in [-0.2, 0) is 14.3 Å². The molecule has 0 amide bonds. The first-order valence-electron chi connectivity index (χ1n) is 7.83. The summed E-state index contributed by atoms with van der Waals surface area (Å²) in [4.78, 5) is 11.7. The monoisotopic (exact) mass is 285 g/mol. The molecule has 0 bridgehead atoms. The molecule has 2 N–H and O–H groups in total. The van der Waals surface area contributed by atoms with Crippen molar-refractivity contribution in [1.29, 1.82) is 0 Å². The van der Waals surface area contributed by atoms with E-state index < -0.39 is 5.60 Å². The lowest BCUT2D eigenvalue weighted by Gasteiger charge is -2.37. The third-order valence-corrected chi connectivity index (χ3v) is 4.42. The molecule has 1 aliphatic heterocycles. The average molecular weight is 285 g/mol. The van der Waals surface area contributed by atoms with Crippen molar-refractivity contribution in [3.8, 4) is 0 Å². The molecule has 20 heavy (non-hydrogen) atoms. The highest BCUT2D eigenvalue weighted by Crippen LogP contribution is 2.32. The minimum Gasteiger partial charge on any atom is -0.466 e. The first-order chi connectivity index (χ1) is 9.63. The lowest BCUT2D eigenvalue weighted by molar-refractivity contribution is -0.151. The molecule has 2 fully saturated rings. The van der Waals surface area contributed by atoms with Gasteiger partial charge in [-0.2, -0.15) is 0 Å². The number of hydrogen-bond donors (Lipinski definition) is 2. The number of rotatable bonds is 5. The van der Waals surface area contributed by atoms with Crippen LogP contribution in [0.1, 0.15) is 45.4 Å². The van der Waals surface area contributed by atoms with Gasteiger partial charge in [0.25, 0.3) is 0 Å². The maximum atomic E-state index is 11.7. The van der Waals surface area contributed by atoms with Crippen molar-refractivity contribution in [2.75, 3.05) is 26.4 Å². The summed E-state index contributed by atoms with van der Waals surface area (Å²) in [7, 11) is 0. The number of carbonyl (C=O) groups excluding carboxylic acids is 1. The van der Waals surface area contributed by atoms with Gasteiger partial charge in [-0.15, -0.1) is 0 Å². The van der Waals surface area contributed by atoms with Crippen molar-refractivity contribution >= 4 is 5.97 Å². The van der Waals surface area contributed by atoms with Gasteiger partial charge >= 0.3 is 5.97 Å². The van der Waals surface area contributed by atoms with Crippen molar-refractivity contribution in [2.24, 2.45) is 5.92 Å². The lowest BCUT2D eigenvalue weighted by Crippen LogP contribution is -2.49. The fourth-order valence-electron chi connectivity index (χ4n) is 3.06. The molecule has 1 unspecified atom stereocenters. The van der Waals surface area contributed by atoms with Gasteiger partial charge in [0.15, 0.2) is 0 Å². The van der Waals surface area contributed by atoms with E-state index in [0.717, 1.165) is 38.9 Å². The summed E-state index contributed by atoms with van der Waals surface area (Å²) in [6.45, 7) is 4.44. The minimum absolute atomic E-state index is 0.0340. The number of ether oxygens (including phenoxy) is 2. The topological polar surface area (TPSA) is 67.8 Å². The Morgan fingerprint density at radius 2 is 2.15 bits per heavy atom. The summed E-state index contributed by atoms with van der Waals surface area (Å²) >= 11 is 0. The SMILES string of the molecule is CCOC(=O)C1CCC(O)(CNC2CCCOC2)CC1. The molecule has 2 aliphatic rings. The number of aliphatic hydroxyl groups is 1. The van der Waals surface area contributed by atoms with Crippen LogP contribution >= 0.6 is 0 Å². The Labute approximate surface area is 121 Å². The van der Waals surface area contributed by atoms with Gasteiger partial charge in [0, 0.05) is 19.2 Å². The van der Waals surface area contributed by atoms with Crippen molar-refractivity contribution in [2.45, 2.75) is 57.1 Å². The molecule has 1 heterocycles. The maximum absolute atomic E-state index is 11.7. The van der Waals surface area contributed by atoms with Gasteiger partial charge in [0.2, 0.25) is 0 Å². The largest absolute Gasteiger partial charge is 0.466 e. The lowest BCUT2D eigenvalue weighted by atomic mass is 9.78. The first kappa shape index (κ1) is 15.7. The van der Waals surface area contributed by atoms with E-state index in [4.69, 9.17) is 9.47 Å². The predicted octanol–water partition coefficient (Wildman–Crippen LogP) is 1.24. The molecule has 0 aromatic heterocycles. The minimum atomic E-state index is -0.680. The van der Waals surface area contributed by atoms with Crippen LogP contribution in [0.3, 0.4) is 0 Å². The Bertz CT molecular complexity index is 307. The summed E-state index contributed by atoms with van der Waals surface area (Å²) in [5.74, 6) is -0.142. The average Bonchev–Trinajstić information content (AvgIpc) is 2.47. The van der Waals surface area contributed by atoms with Gasteiger partial charge in [0.05, 0.1) is 24.7 Å². The van der Waals surface area contributed by atoms with E-state index in [1.54, 1.807) is 0 Å². The van der Waals surface area contributed by atoms with Crippen LogP contribution in [0.15, 0.2) is 0 Å². The van der Waals surface area contributed by atoms with E-state index in [9.17, 15) is 9.90 Å². The summed E-state index contributed by atoms with van der Waals surface area (Å²) in [6.07, 6.45) is 4.97. The molecular weight excluding hydrogens is 258 g/mol. The van der Waals surface area contributed by atoms with Crippen LogP contribution in [-0.4, -0.2) is 49.1 Å². The van der Waals surface area contributed by atoms with Crippen molar-refractivity contribution in [1.82, 2.24) is 5.32 Å². The summed E-state index contributed by atoms with van der Waals surface area (Å²) in [5, 5.41) is 14.0. The molecule has 116 valence electrons. The fourth-order valence-corrected chi connectivity index (χ4v) is 3.06. The summed E-state index contributed by atoms with van der Waals surface area (Å²) in [5.41, 5.74) is -0.680. The smallest absolute Gasteiger partial charge is 0.308 e. The number of carbonyl (C=O) groups is 1. The van der Waals surface area contributed by atoms with Crippen LogP contribution < -0.4 is 5.32 Å². The highest BCUT2D eigenvalue weighted by atomic mass is 16.5. The summed E-state index contributed by atoms with van der Waals surface area (Å²) in [6, 6.07) is 0.357.